The van der Waals surface area contributed by atoms with Gasteiger partial charge in [-0.1, -0.05) is 18.2 Å². The highest BCUT2D eigenvalue weighted by molar-refractivity contribution is 7.17. The Bertz CT molecular complexity index is 983. The molecule has 0 aliphatic heterocycles. The number of benzene rings is 2. The number of methoxy groups -OCH3 is 1. The molecule has 0 aliphatic rings. The third kappa shape index (κ3) is 4.43. The van der Waals surface area contributed by atoms with Crippen molar-refractivity contribution in [2.45, 2.75) is 13.8 Å². The lowest BCUT2D eigenvalue weighted by Gasteiger charge is -2.13. The fraction of sp³-hybridized carbons (Fsp3) is 0.238. The van der Waals surface area contributed by atoms with E-state index in [2.05, 4.69) is 4.98 Å². The smallest absolute Gasteiger partial charge is 0.347 e. The topological polar surface area (TPSA) is 77.9 Å². The number of carbonyl (C=O) groups is 1. The van der Waals surface area contributed by atoms with E-state index in [1.165, 1.54) is 0 Å². The van der Waals surface area contributed by atoms with Crippen molar-refractivity contribution in [2.75, 3.05) is 20.3 Å². The summed E-state index contributed by atoms with van der Waals surface area (Å²) in [6.07, 6.45) is 0. The summed E-state index contributed by atoms with van der Waals surface area (Å²) in [5.41, 5.74) is 2.34. The van der Waals surface area contributed by atoms with E-state index in [1.807, 2.05) is 37.3 Å². The number of carboxylic acids is 1. The lowest BCUT2D eigenvalue weighted by atomic mass is 10.2. The highest BCUT2D eigenvalue weighted by atomic mass is 32.1. The number of hydrogen-bond donors (Lipinski definition) is 1. The second kappa shape index (κ2) is 8.75. The molecular weight excluding hydrogens is 378 g/mol. The van der Waals surface area contributed by atoms with Crippen LogP contribution in [0.4, 0.5) is 0 Å². The summed E-state index contributed by atoms with van der Waals surface area (Å²) >= 11 is 1.14. The normalized spacial score (nSPS) is 10.5. The number of aromatic nitrogens is 1. The first-order valence-electron chi connectivity index (χ1n) is 8.70. The van der Waals surface area contributed by atoms with Crippen LogP contribution >= 0.6 is 11.3 Å². The number of ether oxygens (including phenoxy) is 3. The molecule has 0 aliphatic carbocycles. The highest BCUT2D eigenvalue weighted by Gasteiger charge is 2.16. The van der Waals surface area contributed by atoms with Gasteiger partial charge in [-0.2, -0.15) is 0 Å². The minimum Gasteiger partial charge on any atom is -0.493 e. The maximum Gasteiger partial charge on any atom is 0.347 e. The summed E-state index contributed by atoms with van der Waals surface area (Å²) in [5, 5.41) is 9.85. The van der Waals surface area contributed by atoms with E-state index >= 15 is 0 Å². The van der Waals surface area contributed by atoms with E-state index in [-0.39, 0.29) is 4.88 Å². The van der Waals surface area contributed by atoms with Crippen LogP contribution in [0.25, 0.3) is 10.6 Å². The van der Waals surface area contributed by atoms with Crippen molar-refractivity contribution in [1.29, 1.82) is 0 Å². The van der Waals surface area contributed by atoms with Gasteiger partial charge in [0, 0.05) is 5.56 Å². The van der Waals surface area contributed by atoms with Crippen molar-refractivity contribution in [2.24, 2.45) is 0 Å². The molecule has 0 unspecified atom stereocenters. The zero-order valence-electron chi connectivity index (χ0n) is 15.9. The van der Waals surface area contributed by atoms with E-state index in [4.69, 9.17) is 14.2 Å². The van der Waals surface area contributed by atoms with E-state index in [9.17, 15) is 9.90 Å². The first kappa shape index (κ1) is 19.7. The predicted molar refractivity (Wildman–Crippen MR) is 108 cm³/mol. The van der Waals surface area contributed by atoms with Gasteiger partial charge in [-0.15, -0.1) is 11.3 Å². The second-order valence-electron chi connectivity index (χ2n) is 6.07. The summed E-state index contributed by atoms with van der Waals surface area (Å²) < 4.78 is 17.0. The lowest BCUT2D eigenvalue weighted by Crippen LogP contribution is -2.10. The standard InChI is InChI=1S/C21H21NO5S/c1-13-6-4-5-7-16(13)26-10-11-27-18-12-15(8-9-17(18)25-3)20-22-14(2)19(28-20)21(23)24/h4-9,12H,10-11H2,1-3H3,(H,23,24). The maximum absolute atomic E-state index is 11.3. The number of hydrogen-bond acceptors (Lipinski definition) is 6. The van der Waals surface area contributed by atoms with E-state index < -0.39 is 5.97 Å². The molecule has 0 fully saturated rings. The Labute approximate surface area is 167 Å². The molecule has 28 heavy (non-hydrogen) atoms. The lowest BCUT2D eigenvalue weighted by molar-refractivity contribution is 0.0701. The Balaban J connectivity index is 1.72. The number of carboxylic acid groups (broad SMARTS) is 1. The summed E-state index contributed by atoms with van der Waals surface area (Å²) in [5.74, 6) is 0.996. The zero-order valence-corrected chi connectivity index (χ0v) is 16.7. The third-order valence-electron chi connectivity index (χ3n) is 4.09. The molecule has 3 rings (SSSR count). The molecule has 3 aromatic rings. The molecule has 0 radical (unpaired) electrons. The number of para-hydroxylation sites is 1. The van der Waals surface area contributed by atoms with Crippen LogP contribution in [-0.4, -0.2) is 36.4 Å². The van der Waals surface area contributed by atoms with Gasteiger partial charge in [-0.25, -0.2) is 9.78 Å². The first-order chi connectivity index (χ1) is 13.5. The van der Waals surface area contributed by atoms with Crippen LogP contribution in [-0.2, 0) is 0 Å². The second-order valence-corrected chi connectivity index (χ2v) is 7.07. The Morgan fingerprint density at radius 3 is 2.39 bits per heavy atom. The number of nitrogens with zero attached hydrogens (tertiary/aromatic N) is 1. The largest absolute Gasteiger partial charge is 0.493 e. The van der Waals surface area contributed by atoms with Gasteiger partial charge in [0.1, 0.15) is 28.8 Å². The molecule has 1 N–H and O–H groups in total. The minimum atomic E-state index is -0.973. The molecule has 2 aromatic carbocycles. The molecule has 0 spiro atoms. The molecule has 7 heteroatoms. The Morgan fingerprint density at radius 1 is 1.04 bits per heavy atom. The Kier molecular flexibility index (Phi) is 6.16. The zero-order chi connectivity index (χ0) is 20.1. The Hall–Kier alpha value is -3.06. The van der Waals surface area contributed by atoms with Crippen LogP contribution in [0.5, 0.6) is 17.2 Å². The molecule has 6 nitrogen and oxygen atoms in total. The fourth-order valence-corrected chi connectivity index (χ4v) is 3.56. The van der Waals surface area contributed by atoms with Crippen molar-refractivity contribution >= 4 is 17.3 Å². The van der Waals surface area contributed by atoms with Crippen molar-refractivity contribution in [3.63, 3.8) is 0 Å². The number of aromatic carboxylic acids is 1. The average Bonchev–Trinajstić information content (AvgIpc) is 3.08. The summed E-state index contributed by atoms with van der Waals surface area (Å²) in [6, 6.07) is 13.2. The van der Waals surface area contributed by atoms with Crippen LogP contribution in [0.15, 0.2) is 42.5 Å². The molecule has 0 bridgehead atoms. The van der Waals surface area contributed by atoms with Gasteiger partial charge in [0.25, 0.3) is 0 Å². The molecule has 0 amide bonds. The van der Waals surface area contributed by atoms with Gasteiger partial charge < -0.3 is 19.3 Å². The summed E-state index contributed by atoms with van der Waals surface area (Å²) in [7, 11) is 1.57. The van der Waals surface area contributed by atoms with Crippen LogP contribution in [0.1, 0.15) is 20.9 Å². The van der Waals surface area contributed by atoms with E-state index in [1.54, 1.807) is 26.2 Å². The maximum atomic E-state index is 11.3. The minimum absolute atomic E-state index is 0.236. The molecule has 0 saturated carbocycles. The summed E-state index contributed by atoms with van der Waals surface area (Å²) in [6.45, 7) is 4.40. The van der Waals surface area contributed by atoms with Gasteiger partial charge in [0.15, 0.2) is 11.5 Å². The van der Waals surface area contributed by atoms with Gasteiger partial charge in [-0.05, 0) is 43.7 Å². The number of thiazole rings is 1. The van der Waals surface area contributed by atoms with Crippen molar-refractivity contribution < 1.29 is 24.1 Å². The van der Waals surface area contributed by atoms with Crippen LogP contribution in [0.2, 0.25) is 0 Å². The van der Waals surface area contributed by atoms with E-state index in [0.29, 0.717) is 35.4 Å². The number of aryl methyl sites for hydroxylation is 2. The summed E-state index contributed by atoms with van der Waals surface area (Å²) in [4.78, 5) is 15.9. The quantitative estimate of drug-likeness (QED) is 0.558. The molecule has 1 aromatic heterocycles. The first-order valence-corrected chi connectivity index (χ1v) is 9.51. The molecule has 1 heterocycles. The van der Waals surface area contributed by atoms with E-state index in [0.717, 1.165) is 28.2 Å². The highest BCUT2D eigenvalue weighted by Crippen LogP contribution is 2.35. The van der Waals surface area contributed by atoms with Crippen molar-refractivity contribution in [3.05, 3.63) is 58.6 Å². The molecule has 146 valence electrons. The molecular formula is C21H21NO5S. The van der Waals surface area contributed by atoms with Gasteiger partial charge in [0.05, 0.1) is 12.8 Å². The molecule has 0 saturated heterocycles. The van der Waals surface area contributed by atoms with Crippen molar-refractivity contribution in [3.8, 4) is 27.8 Å². The third-order valence-corrected chi connectivity index (χ3v) is 5.29. The van der Waals surface area contributed by atoms with Crippen LogP contribution in [0, 0.1) is 13.8 Å². The molecule has 0 atom stereocenters. The Morgan fingerprint density at radius 2 is 1.75 bits per heavy atom. The van der Waals surface area contributed by atoms with Crippen LogP contribution in [0.3, 0.4) is 0 Å². The van der Waals surface area contributed by atoms with Gasteiger partial charge in [-0.3, -0.25) is 0 Å². The monoisotopic (exact) mass is 399 g/mol. The van der Waals surface area contributed by atoms with Gasteiger partial charge in [0.2, 0.25) is 0 Å². The van der Waals surface area contributed by atoms with Crippen molar-refractivity contribution in [1.82, 2.24) is 4.98 Å². The SMILES string of the molecule is COc1ccc(-c2nc(C)c(C(=O)O)s2)cc1OCCOc1ccccc1C. The average molecular weight is 399 g/mol. The fourth-order valence-electron chi connectivity index (χ4n) is 2.66. The van der Waals surface area contributed by atoms with Gasteiger partial charge >= 0.3 is 5.97 Å². The predicted octanol–water partition coefficient (Wildman–Crippen LogP) is 4.59. The number of rotatable bonds is 8. The van der Waals surface area contributed by atoms with Crippen LogP contribution < -0.4 is 14.2 Å².